The van der Waals surface area contributed by atoms with Crippen LogP contribution in [-0.4, -0.2) is 15.5 Å². The van der Waals surface area contributed by atoms with E-state index >= 15 is 0 Å². The number of nitrogens with zero attached hydrogens (tertiary/aromatic N) is 2. The van der Waals surface area contributed by atoms with Gasteiger partial charge in [0.1, 0.15) is 10.6 Å². The summed E-state index contributed by atoms with van der Waals surface area (Å²) in [6.45, 7) is 2.32. The van der Waals surface area contributed by atoms with Crippen molar-refractivity contribution in [2.75, 3.05) is 0 Å². The van der Waals surface area contributed by atoms with Crippen LogP contribution in [0.3, 0.4) is 0 Å². The second kappa shape index (κ2) is 7.83. The molecule has 2 heterocycles. The Morgan fingerprint density at radius 2 is 2.14 bits per heavy atom. The number of carbonyl (C=O) groups excluding carboxylic acids is 1. The van der Waals surface area contributed by atoms with Crippen LogP contribution < -0.4 is 10.9 Å². The molecule has 0 aliphatic heterocycles. The quantitative estimate of drug-likeness (QED) is 0.714. The molecule has 146 valence electrons. The van der Waals surface area contributed by atoms with Crippen molar-refractivity contribution in [1.82, 2.24) is 14.9 Å². The Bertz CT molecular complexity index is 1100. The molecule has 0 bridgehead atoms. The highest BCUT2D eigenvalue weighted by Crippen LogP contribution is 2.33. The van der Waals surface area contributed by atoms with Gasteiger partial charge in [0.15, 0.2) is 0 Å². The summed E-state index contributed by atoms with van der Waals surface area (Å²) >= 11 is 1.62. The van der Waals surface area contributed by atoms with E-state index in [1.165, 1.54) is 21.9 Å². The molecule has 1 aliphatic carbocycles. The summed E-state index contributed by atoms with van der Waals surface area (Å²) in [6.07, 6.45) is 5.98. The third-order valence-corrected chi connectivity index (χ3v) is 6.43. The molecule has 0 spiro atoms. The van der Waals surface area contributed by atoms with E-state index in [9.17, 15) is 14.0 Å². The minimum absolute atomic E-state index is 0.0497. The van der Waals surface area contributed by atoms with Crippen LogP contribution in [0.25, 0.3) is 10.2 Å². The van der Waals surface area contributed by atoms with Gasteiger partial charge in [0.05, 0.1) is 11.7 Å². The van der Waals surface area contributed by atoms with Crippen LogP contribution in [0.15, 0.2) is 29.3 Å². The monoisotopic (exact) mass is 399 g/mol. The number of aryl methyl sites for hydroxylation is 4. The Morgan fingerprint density at radius 3 is 2.96 bits per heavy atom. The molecule has 0 saturated carbocycles. The number of fused-ring (bicyclic) bond motifs is 3. The normalized spacial score (nSPS) is 13.5. The maximum absolute atomic E-state index is 13.3. The Kier molecular flexibility index (Phi) is 5.26. The van der Waals surface area contributed by atoms with Crippen LogP contribution >= 0.6 is 11.3 Å². The fraction of sp³-hybridized carbons (Fsp3) is 0.381. The molecule has 4 rings (SSSR count). The molecular weight excluding hydrogens is 377 g/mol. The number of halogens is 1. The third kappa shape index (κ3) is 3.71. The van der Waals surface area contributed by atoms with Crippen molar-refractivity contribution in [2.24, 2.45) is 0 Å². The summed E-state index contributed by atoms with van der Waals surface area (Å²) in [7, 11) is 0. The molecule has 0 saturated heterocycles. The van der Waals surface area contributed by atoms with Crippen molar-refractivity contribution in [3.05, 3.63) is 62.3 Å². The maximum atomic E-state index is 13.3. The lowest BCUT2D eigenvalue weighted by Crippen LogP contribution is -2.27. The minimum atomic E-state index is -0.257. The number of amides is 1. The summed E-state index contributed by atoms with van der Waals surface area (Å²) < 4.78 is 14.8. The van der Waals surface area contributed by atoms with Gasteiger partial charge in [-0.1, -0.05) is 12.1 Å². The standard InChI is InChI=1S/C21H22FN3O2S/c1-13-10-14(6-7-16(13)22)11-23-18(26)8-9-25-12-24-20-19(21(25)27)15-4-2-3-5-17(15)28-20/h6-7,10,12H,2-5,8-9,11H2,1H3,(H,23,26). The fourth-order valence-corrected chi connectivity index (χ4v) is 4.89. The smallest absolute Gasteiger partial charge is 0.262 e. The second-order valence-corrected chi connectivity index (χ2v) is 8.33. The summed E-state index contributed by atoms with van der Waals surface area (Å²) in [5.74, 6) is -0.408. The van der Waals surface area contributed by atoms with Crippen molar-refractivity contribution >= 4 is 27.5 Å². The van der Waals surface area contributed by atoms with Gasteiger partial charge in [-0.15, -0.1) is 11.3 Å². The number of rotatable bonds is 5. The van der Waals surface area contributed by atoms with Gasteiger partial charge in [-0.2, -0.15) is 0 Å². The van der Waals surface area contributed by atoms with Gasteiger partial charge in [0.25, 0.3) is 5.56 Å². The van der Waals surface area contributed by atoms with Gasteiger partial charge < -0.3 is 5.32 Å². The van der Waals surface area contributed by atoms with Crippen LogP contribution in [0.5, 0.6) is 0 Å². The van der Waals surface area contributed by atoms with E-state index in [0.717, 1.165) is 40.6 Å². The van der Waals surface area contributed by atoms with E-state index < -0.39 is 0 Å². The molecule has 3 aromatic rings. The lowest BCUT2D eigenvalue weighted by atomic mass is 9.97. The van der Waals surface area contributed by atoms with Crippen molar-refractivity contribution in [3.8, 4) is 0 Å². The Labute approximate surface area is 166 Å². The predicted molar refractivity (Wildman–Crippen MR) is 108 cm³/mol. The van der Waals surface area contributed by atoms with Gasteiger partial charge in [0.2, 0.25) is 5.91 Å². The van der Waals surface area contributed by atoms with Gasteiger partial charge in [-0.3, -0.25) is 14.2 Å². The minimum Gasteiger partial charge on any atom is -0.352 e. The summed E-state index contributed by atoms with van der Waals surface area (Å²) in [6, 6.07) is 4.78. The molecule has 1 amide bonds. The molecular formula is C21H22FN3O2S. The fourth-order valence-electron chi connectivity index (χ4n) is 3.67. The van der Waals surface area contributed by atoms with E-state index in [4.69, 9.17) is 0 Å². The molecule has 5 nitrogen and oxygen atoms in total. The summed E-state index contributed by atoms with van der Waals surface area (Å²) in [4.78, 5) is 31.6. The largest absolute Gasteiger partial charge is 0.352 e. The summed E-state index contributed by atoms with van der Waals surface area (Å²) in [5.41, 5.74) is 2.51. The predicted octanol–water partition coefficient (Wildman–Crippen LogP) is 3.49. The molecule has 1 N–H and O–H groups in total. The van der Waals surface area contributed by atoms with Crippen molar-refractivity contribution in [3.63, 3.8) is 0 Å². The highest BCUT2D eigenvalue weighted by Gasteiger charge is 2.20. The van der Waals surface area contributed by atoms with E-state index in [1.807, 2.05) is 0 Å². The highest BCUT2D eigenvalue weighted by atomic mass is 32.1. The molecule has 0 radical (unpaired) electrons. The van der Waals surface area contributed by atoms with Gasteiger partial charge >= 0.3 is 0 Å². The Hall–Kier alpha value is -2.54. The van der Waals surface area contributed by atoms with E-state index in [0.29, 0.717) is 18.7 Å². The maximum Gasteiger partial charge on any atom is 0.262 e. The molecule has 0 unspecified atom stereocenters. The molecule has 0 fully saturated rings. The number of thiophene rings is 1. The molecule has 7 heteroatoms. The first-order valence-electron chi connectivity index (χ1n) is 9.54. The van der Waals surface area contributed by atoms with Crippen molar-refractivity contribution < 1.29 is 9.18 Å². The molecule has 28 heavy (non-hydrogen) atoms. The van der Waals surface area contributed by atoms with E-state index in [-0.39, 0.29) is 23.7 Å². The van der Waals surface area contributed by atoms with E-state index in [1.54, 1.807) is 36.7 Å². The molecule has 1 aromatic carbocycles. The number of carbonyl (C=O) groups is 1. The summed E-state index contributed by atoms with van der Waals surface area (Å²) in [5, 5.41) is 3.56. The average molecular weight is 399 g/mol. The number of hydrogen-bond donors (Lipinski definition) is 1. The zero-order valence-electron chi connectivity index (χ0n) is 15.8. The zero-order chi connectivity index (χ0) is 19.7. The first-order valence-corrected chi connectivity index (χ1v) is 10.4. The number of hydrogen-bond acceptors (Lipinski definition) is 4. The average Bonchev–Trinajstić information content (AvgIpc) is 3.07. The third-order valence-electron chi connectivity index (χ3n) is 5.23. The molecule has 0 atom stereocenters. The Balaban J connectivity index is 1.42. The van der Waals surface area contributed by atoms with E-state index in [2.05, 4.69) is 10.3 Å². The highest BCUT2D eigenvalue weighted by molar-refractivity contribution is 7.18. The van der Waals surface area contributed by atoms with Crippen LogP contribution in [0.2, 0.25) is 0 Å². The van der Waals surface area contributed by atoms with Gasteiger partial charge in [-0.05, 0) is 55.4 Å². The zero-order valence-corrected chi connectivity index (χ0v) is 16.6. The lowest BCUT2D eigenvalue weighted by Gasteiger charge is -2.10. The number of benzene rings is 1. The van der Waals surface area contributed by atoms with Gasteiger partial charge in [0, 0.05) is 24.4 Å². The van der Waals surface area contributed by atoms with Crippen LogP contribution in [0, 0.1) is 12.7 Å². The second-order valence-electron chi connectivity index (χ2n) is 7.24. The molecule has 2 aromatic heterocycles. The van der Waals surface area contributed by atoms with Crippen LogP contribution in [0.1, 0.15) is 40.8 Å². The number of nitrogens with one attached hydrogen (secondary N) is 1. The first-order chi connectivity index (χ1) is 13.5. The van der Waals surface area contributed by atoms with Crippen molar-refractivity contribution in [2.45, 2.75) is 52.1 Å². The van der Waals surface area contributed by atoms with Crippen LogP contribution in [-0.2, 0) is 30.7 Å². The SMILES string of the molecule is Cc1cc(CNC(=O)CCn2cnc3sc4c(c3c2=O)CCCC4)ccc1F. The first kappa shape index (κ1) is 18.8. The van der Waals surface area contributed by atoms with Crippen LogP contribution in [0.4, 0.5) is 4.39 Å². The van der Waals surface area contributed by atoms with Crippen molar-refractivity contribution in [1.29, 1.82) is 0 Å². The number of aromatic nitrogens is 2. The lowest BCUT2D eigenvalue weighted by molar-refractivity contribution is -0.121. The molecule has 1 aliphatic rings. The topological polar surface area (TPSA) is 64.0 Å². The van der Waals surface area contributed by atoms with Gasteiger partial charge in [-0.25, -0.2) is 9.37 Å². The Morgan fingerprint density at radius 1 is 1.32 bits per heavy atom.